The van der Waals surface area contributed by atoms with Gasteiger partial charge in [0.1, 0.15) is 0 Å². The minimum absolute atomic E-state index is 0.232. The molecule has 0 fully saturated rings. The van der Waals surface area contributed by atoms with Crippen molar-refractivity contribution >= 4 is 5.69 Å². The van der Waals surface area contributed by atoms with Gasteiger partial charge in [-0.15, -0.1) is 0 Å². The molecule has 0 saturated carbocycles. The van der Waals surface area contributed by atoms with Gasteiger partial charge in [-0.3, -0.25) is 0 Å². The number of hydrogen-bond donors (Lipinski definition) is 2. The lowest BCUT2D eigenvalue weighted by atomic mass is 10.0. The van der Waals surface area contributed by atoms with Crippen LogP contribution in [0.2, 0.25) is 0 Å². The summed E-state index contributed by atoms with van der Waals surface area (Å²) in [4.78, 5) is 4.29. The van der Waals surface area contributed by atoms with E-state index in [2.05, 4.69) is 82.2 Å². The lowest BCUT2D eigenvalue weighted by Crippen LogP contribution is -2.26. The average molecular weight is 316 g/mol. The first kappa shape index (κ1) is 14.6. The van der Waals surface area contributed by atoms with Crippen LogP contribution in [0.25, 0.3) is 11.3 Å². The number of hydrogen-bond acceptors (Lipinski definition) is 3. The van der Waals surface area contributed by atoms with E-state index in [0.29, 0.717) is 0 Å². The maximum absolute atomic E-state index is 4.29. The van der Waals surface area contributed by atoms with Gasteiger partial charge in [-0.25, -0.2) is 4.98 Å². The van der Waals surface area contributed by atoms with Gasteiger partial charge in [0, 0.05) is 17.8 Å². The molecule has 2 heterocycles. The first-order valence-electron chi connectivity index (χ1n) is 8.10. The Labute approximate surface area is 141 Å². The van der Waals surface area contributed by atoms with E-state index >= 15 is 0 Å². The number of nitrogens with one attached hydrogen (secondary N) is 2. The second kappa shape index (κ2) is 5.89. The Hall–Kier alpha value is -3.01. The molecule has 0 amide bonds. The van der Waals surface area contributed by atoms with Gasteiger partial charge in [-0.2, -0.15) is 0 Å². The fourth-order valence-corrected chi connectivity index (χ4v) is 3.22. The van der Waals surface area contributed by atoms with Crippen molar-refractivity contribution in [1.29, 1.82) is 0 Å². The van der Waals surface area contributed by atoms with Crippen LogP contribution in [-0.2, 0) is 0 Å². The van der Waals surface area contributed by atoms with Crippen molar-refractivity contribution in [2.24, 2.45) is 0 Å². The zero-order valence-corrected chi connectivity index (χ0v) is 13.7. The van der Waals surface area contributed by atoms with Crippen molar-refractivity contribution in [3.05, 3.63) is 84.6 Å². The number of aryl methyl sites for hydroxylation is 1. The molecule has 4 nitrogen and oxygen atoms in total. The highest BCUT2D eigenvalue weighted by Crippen LogP contribution is 2.38. The largest absolute Gasteiger partial charge is 0.370 e. The third-order valence-electron chi connectivity index (χ3n) is 4.45. The molecule has 1 aliphatic rings. The van der Waals surface area contributed by atoms with Gasteiger partial charge in [0.05, 0.1) is 30.1 Å². The molecule has 2 aromatic carbocycles. The number of nitrogens with zero attached hydrogens (tertiary/aromatic N) is 2. The van der Waals surface area contributed by atoms with E-state index in [-0.39, 0.29) is 6.04 Å². The van der Waals surface area contributed by atoms with Gasteiger partial charge < -0.3 is 15.2 Å². The Morgan fingerprint density at radius 1 is 1.17 bits per heavy atom. The van der Waals surface area contributed by atoms with Crippen LogP contribution in [0.5, 0.6) is 0 Å². The highest BCUT2D eigenvalue weighted by molar-refractivity contribution is 5.69. The first-order chi connectivity index (χ1) is 11.7. The minimum atomic E-state index is 0.232. The van der Waals surface area contributed by atoms with Crippen LogP contribution < -0.4 is 10.6 Å². The van der Waals surface area contributed by atoms with Crippen molar-refractivity contribution in [1.82, 2.24) is 14.9 Å². The number of fused-ring (bicyclic) bond motifs is 3. The smallest absolute Gasteiger partial charge is 0.0957 e. The number of anilines is 1. The summed E-state index contributed by atoms with van der Waals surface area (Å²) in [5.41, 5.74) is 6.04. The van der Waals surface area contributed by atoms with E-state index < -0.39 is 0 Å². The van der Waals surface area contributed by atoms with E-state index in [1.807, 2.05) is 12.5 Å². The maximum Gasteiger partial charge on any atom is 0.0957 e. The van der Waals surface area contributed by atoms with E-state index in [9.17, 15) is 0 Å². The Bertz CT molecular complexity index is 877. The minimum Gasteiger partial charge on any atom is -0.370 e. The molecule has 3 aromatic rings. The highest BCUT2D eigenvalue weighted by atomic mass is 15.2. The van der Waals surface area contributed by atoms with Gasteiger partial charge in [0.25, 0.3) is 0 Å². The Kier molecular flexibility index (Phi) is 3.58. The molecular formula is C20H20N4. The molecule has 0 aliphatic carbocycles. The predicted octanol–water partition coefficient (Wildman–Crippen LogP) is 3.93. The number of rotatable bonds is 5. The van der Waals surface area contributed by atoms with Crippen LogP contribution in [0.4, 0.5) is 5.69 Å². The van der Waals surface area contributed by atoms with Gasteiger partial charge in [0.2, 0.25) is 0 Å². The lowest BCUT2D eigenvalue weighted by molar-refractivity contribution is 0.574. The fraction of sp³-hybridized carbons (Fsp3) is 0.150. The number of imidazole rings is 1. The summed E-state index contributed by atoms with van der Waals surface area (Å²) < 4.78 is 2.22. The van der Waals surface area contributed by atoms with Crippen molar-refractivity contribution in [2.45, 2.75) is 13.0 Å². The number of benzene rings is 2. The van der Waals surface area contributed by atoms with Crippen LogP contribution >= 0.6 is 0 Å². The highest BCUT2D eigenvalue weighted by Gasteiger charge is 2.27. The molecule has 4 rings (SSSR count). The zero-order valence-electron chi connectivity index (χ0n) is 13.7. The lowest BCUT2D eigenvalue weighted by Gasteiger charge is -2.18. The monoisotopic (exact) mass is 316 g/mol. The molecule has 24 heavy (non-hydrogen) atoms. The van der Waals surface area contributed by atoms with Crippen LogP contribution in [0.15, 0.2) is 73.5 Å². The summed E-state index contributed by atoms with van der Waals surface area (Å²) in [5, 5.41) is 6.71. The second-order valence-electron chi connectivity index (χ2n) is 6.14. The van der Waals surface area contributed by atoms with Crippen molar-refractivity contribution in [3.63, 3.8) is 0 Å². The molecule has 0 radical (unpaired) electrons. The molecule has 1 aliphatic heterocycles. The van der Waals surface area contributed by atoms with E-state index in [1.54, 1.807) is 0 Å². The molecule has 0 saturated heterocycles. The fourth-order valence-electron chi connectivity index (χ4n) is 3.22. The molecule has 1 aromatic heterocycles. The van der Waals surface area contributed by atoms with E-state index in [1.165, 1.54) is 22.4 Å². The van der Waals surface area contributed by atoms with Crippen LogP contribution in [0, 0.1) is 6.92 Å². The molecular weight excluding hydrogens is 296 g/mol. The quantitative estimate of drug-likeness (QED) is 0.749. The third-order valence-corrected chi connectivity index (χ3v) is 4.45. The SMILES string of the molecule is C=C(NCC1c2ccccc2-c2cncn21)Nc1ccc(C)cc1. The summed E-state index contributed by atoms with van der Waals surface area (Å²) >= 11 is 0. The normalized spacial score (nSPS) is 14.8. The van der Waals surface area contributed by atoms with Crippen LogP contribution in [0.1, 0.15) is 17.2 Å². The molecule has 0 spiro atoms. The summed E-state index contributed by atoms with van der Waals surface area (Å²) in [6.45, 7) is 6.93. The summed E-state index contributed by atoms with van der Waals surface area (Å²) in [7, 11) is 0. The summed E-state index contributed by atoms with van der Waals surface area (Å²) in [5.74, 6) is 0.796. The topological polar surface area (TPSA) is 41.9 Å². The van der Waals surface area contributed by atoms with Crippen molar-refractivity contribution in [2.75, 3.05) is 11.9 Å². The summed E-state index contributed by atoms with van der Waals surface area (Å²) in [6.07, 6.45) is 3.83. The van der Waals surface area contributed by atoms with E-state index in [0.717, 1.165) is 18.1 Å². The van der Waals surface area contributed by atoms with Crippen molar-refractivity contribution in [3.8, 4) is 11.3 Å². The first-order valence-corrected chi connectivity index (χ1v) is 8.10. The van der Waals surface area contributed by atoms with E-state index in [4.69, 9.17) is 0 Å². The average Bonchev–Trinajstić information content (AvgIpc) is 3.16. The molecule has 1 unspecified atom stereocenters. The summed E-state index contributed by atoms with van der Waals surface area (Å²) in [6, 6.07) is 17.0. The Morgan fingerprint density at radius 2 is 1.96 bits per heavy atom. The van der Waals surface area contributed by atoms with Gasteiger partial charge >= 0.3 is 0 Å². The zero-order chi connectivity index (χ0) is 16.5. The number of aromatic nitrogens is 2. The second-order valence-corrected chi connectivity index (χ2v) is 6.14. The molecule has 2 N–H and O–H groups in total. The van der Waals surface area contributed by atoms with Gasteiger partial charge in [-0.05, 0) is 24.6 Å². The molecule has 1 atom stereocenters. The van der Waals surface area contributed by atoms with Crippen molar-refractivity contribution < 1.29 is 0 Å². The van der Waals surface area contributed by atoms with Gasteiger partial charge in [0.15, 0.2) is 0 Å². The Morgan fingerprint density at radius 3 is 2.79 bits per heavy atom. The van der Waals surface area contributed by atoms with Crippen LogP contribution in [-0.4, -0.2) is 16.1 Å². The standard InChI is InChI=1S/C20H20N4/c1-14-7-9-16(10-8-14)23-15(2)22-12-20-18-6-4-3-5-17(18)19-11-21-13-24(19)20/h3-11,13,20,22-23H,2,12H2,1H3. The van der Waals surface area contributed by atoms with Crippen LogP contribution in [0.3, 0.4) is 0 Å². The molecule has 4 heteroatoms. The predicted molar refractivity (Wildman–Crippen MR) is 97.7 cm³/mol. The molecule has 120 valence electrons. The third kappa shape index (κ3) is 2.56. The Balaban J connectivity index is 1.46. The van der Waals surface area contributed by atoms with Gasteiger partial charge in [-0.1, -0.05) is 48.5 Å². The molecule has 0 bridgehead atoms. The maximum atomic E-state index is 4.29.